The van der Waals surface area contributed by atoms with Crippen molar-refractivity contribution in [1.82, 2.24) is 15.2 Å². The molecule has 4 heteroatoms. The molecule has 114 valence electrons. The van der Waals surface area contributed by atoms with Crippen molar-refractivity contribution in [2.45, 2.75) is 59.0 Å². The molecule has 1 aliphatic rings. The van der Waals surface area contributed by atoms with Crippen LogP contribution < -0.4 is 5.32 Å². The zero-order chi connectivity index (χ0) is 14.5. The van der Waals surface area contributed by atoms with Crippen LogP contribution in [0.4, 0.5) is 0 Å². The largest absolute Gasteiger partial charge is 0.311 e. The standard InChI is InChI=1S/C16H29N3S/c1-5-12(3)16-10-19(15(6-2)9-17-16)8-7-14-11-20-13(4)18-14/h11-12,15-17H,5-10H2,1-4H3. The zero-order valence-electron chi connectivity index (χ0n) is 13.4. The highest BCUT2D eigenvalue weighted by Crippen LogP contribution is 2.18. The van der Waals surface area contributed by atoms with E-state index in [0.717, 1.165) is 25.4 Å². The number of hydrogen-bond acceptors (Lipinski definition) is 4. The van der Waals surface area contributed by atoms with E-state index in [1.165, 1.54) is 30.1 Å². The normalized spacial score (nSPS) is 25.8. The summed E-state index contributed by atoms with van der Waals surface area (Å²) in [5, 5.41) is 7.15. The van der Waals surface area contributed by atoms with Crippen molar-refractivity contribution in [1.29, 1.82) is 0 Å². The van der Waals surface area contributed by atoms with E-state index in [1.807, 2.05) is 0 Å². The van der Waals surface area contributed by atoms with E-state index < -0.39 is 0 Å². The first-order chi connectivity index (χ1) is 9.63. The van der Waals surface area contributed by atoms with Crippen LogP contribution in [-0.4, -0.2) is 41.6 Å². The summed E-state index contributed by atoms with van der Waals surface area (Å²) in [4.78, 5) is 7.28. The number of rotatable bonds is 6. The fourth-order valence-electron chi connectivity index (χ4n) is 3.01. The summed E-state index contributed by atoms with van der Waals surface area (Å²) < 4.78 is 0. The Kier molecular flexibility index (Phi) is 6.00. The lowest BCUT2D eigenvalue weighted by molar-refractivity contribution is 0.107. The van der Waals surface area contributed by atoms with Crippen LogP contribution in [0.25, 0.3) is 0 Å². The summed E-state index contributed by atoms with van der Waals surface area (Å²) in [6.07, 6.45) is 3.58. The SMILES string of the molecule is CCC(C)C1CN(CCc2csc(C)n2)C(CC)CN1. The highest BCUT2D eigenvalue weighted by atomic mass is 32.1. The molecule has 3 unspecified atom stereocenters. The number of aryl methyl sites for hydroxylation is 1. The molecule has 1 aliphatic heterocycles. The minimum Gasteiger partial charge on any atom is -0.311 e. The average Bonchev–Trinajstić information content (AvgIpc) is 2.89. The van der Waals surface area contributed by atoms with Crippen LogP contribution in [0.1, 0.15) is 44.3 Å². The Bertz CT molecular complexity index is 404. The molecule has 0 saturated carbocycles. The quantitative estimate of drug-likeness (QED) is 0.874. The van der Waals surface area contributed by atoms with Gasteiger partial charge in [0.25, 0.3) is 0 Å². The third-order valence-electron chi connectivity index (χ3n) is 4.69. The van der Waals surface area contributed by atoms with Gasteiger partial charge < -0.3 is 5.32 Å². The number of aromatic nitrogens is 1. The molecule has 1 N–H and O–H groups in total. The lowest BCUT2D eigenvalue weighted by Crippen LogP contribution is -2.58. The van der Waals surface area contributed by atoms with Crippen LogP contribution >= 0.6 is 11.3 Å². The second-order valence-electron chi connectivity index (χ2n) is 6.07. The monoisotopic (exact) mass is 295 g/mol. The van der Waals surface area contributed by atoms with Crippen molar-refractivity contribution in [2.75, 3.05) is 19.6 Å². The average molecular weight is 295 g/mol. The van der Waals surface area contributed by atoms with Crippen molar-refractivity contribution < 1.29 is 0 Å². The maximum Gasteiger partial charge on any atom is 0.0897 e. The van der Waals surface area contributed by atoms with E-state index in [0.29, 0.717) is 12.1 Å². The van der Waals surface area contributed by atoms with Crippen LogP contribution in [0.3, 0.4) is 0 Å². The van der Waals surface area contributed by atoms with Crippen LogP contribution in [-0.2, 0) is 6.42 Å². The van der Waals surface area contributed by atoms with Crippen molar-refractivity contribution in [2.24, 2.45) is 5.92 Å². The molecule has 3 nitrogen and oxygen atoms in total. The van der Waals surface area contributed by atoms with Gasteiger partial charge in [0.1, 0.15) is 0 Å². The van der Waals surface area contributed by atoms with Gasteiger partial charge in [-0.05, 0) is 19.3 Å². The second-order valence-corrected chi connectivity index (χ2v) is 7.13. The van der Waals surface area contributed by atoms with Gasteiger partial charge in [-0.1, -0.05) is 27.2 Å². The molecule has 1 saturated heterocycles. The first-order valence-corrected chi connectivity index (χ1v) is 8.90. The van der Waals surface area contributed by atoms with Crippen LogP contribution in [0.2, 0.25) is 0 Å². The summed E-state index contributed by atoms with van der Waals surface area (Å²) >= 11 is 1.76. The summed E-state index contributed by atoms with van der Waals surface area (Å²) in [5.41, 5.74) is 1.26. The van der Waals surface area contributed by atoms with Crippen LogP contribution in [0.15, 0.2) is 5.38 Å². The molecule has 0 aromatic carbocycles. The van der Waals surface area contributed by atoms with Crippen molar-refractivity contribution >= 4 is 11.3 Å². The molecule has 1 aromatic rings. The second kappa shape index (κ2) is 7.53. The zero-order valence-corrected chi connectivity index (χ0v) is 14.2. The van der Waals surface area contributed by atoms with Crippen LogP contribution in [0.5, 0.6) is 0 Å². The summed E-state index contributed by atoms with van der Waals surface area (Å²) in [6.45, 7) is 12.5. The molecular formula is C16H29N3S. The van der Waals surface area contributed by atoms with Crippen molar-refractivity contribution in [3.8, 4) is 0 Å². The Morgan fingerprint density at radius 3 is 2.90 bits per heavy atom. The van der Waals surface area contributed by atoms with Gasteiger partial charge >= 0.3 is 0 Å². The lowest BCUT2D eigenvalue weighted by atomic mass is 9.94. The minimum atomic E-state index is 0.653. The fourth-order valence-corrected chi connectivity index (χ4v) is 3.65. The summed E-state index contributed by atoms with van der Waals surface area (Å²) in [7, 11) is 0. The van der Waals surface area contributed by atoms with E-state index in [9.17, 15) is 0 Å². The molecular weight excluding hydrogens is 266 g/mol. The third-order valence-corrected chi connectivity index (χ3v) is 5.51. The van der Waals surface area contributed by atoms with E-state index in [1.54, 1.807) is 11.3 Å². The number of thiazole rings is 1. The molecule has 0 bridgehead atoms. The molecule has 1 aromatic heterocycles. The topological polar surface area (TPSA) is 28.2 Å². The maximum absolute atomic E-state index is 4.59. The Balaban J connectivity index is 1.91. The third kappa shape index (κ3) is 4.03. The first-order valence-electron chi connectivity index (χ1n) is 8.02. The van der Waals surface area contributed by atoms with Gasteiger partial charge in [0.15, 0.2) is 0 Å². The number of piperazine rings is 1. The lowest BCUT2D eigenvalue weighted by Gasteiger charge is -2.42. The molecule has 0 spiro atoms. The Morgan fingerprint density at radius 1 is 1.50 bits per heavy atom. The Hall–Kier alpha value is -0.450. The van der Waals surface area contributed by atoms with E-state index in [2.05, 4.69) is 48.3 Å². The van der Waals surface area contributed by atoms with Gasteiger partial charge in [0.05, 0.1) is 10.7 Å². The minimum absolute atomic E-state index is 0.653. The summed E-state index contributed by atoms with van der Waals surface area (Å²) in [6, 6.07) is 1.34. The fraction of sp³-hybridized carbons (Fsp3) is 0.812. The van der Waals surface area contributed by atoms with Crippen LogP contribution in [0, 0.1) is 12.8 Å². The van der Waals surface area contributed by atoms with Crippen molar-refractivity contribution in [3.05, 3.63) is 16.1 Å². The summed E-state index contributed by atoms with van der Waals surface area (Å²) in [5.74, 6) is 0.761. The first kappa shape index (κ1) is 15.9. The molecule has 20 heavy (non-hydrogen) atoms. The molecule has 0 aliphatic carbocycles. The highest BCUT2D eigenvalue weighted by Gasteiger charge is 2.28. The predicted molar refractivity (Wildman–Crippen MR) is 87.5 cm³/mol. The van der Waals surface area contributed by atoms with Gasteiger partial charge in [-0.2, -0.15) is 0 Å². The number of nitrogens with one attached hydrogen (secondary N) is 1. The van der Waals surface area contributed by atoms with Gasteiger partial charge in [-0.15, -0.1) is 11.3 Å². The van der Waals surface area contributed by atoms with Gasteiger partial charge in [0, 0.05) is 43.5 Å². The molecule has 2 heterocycles. The molecule has 0 radical (unpaired) electrons. The van der Waals surface area contributed by atoms with E-state index in [-0.39, 0.29) is 0 Å². The van der Waals surface area contributed by atoms with E-state index in [4.69, 9.17) is 0 Å². The molecule has 3 atom stereocenters. The number of hydrogen-bond donors (Lipinski definition) is 1. The predicted octanol–water partition coefficient (Wildman–Crippen LogP) is 3.09. The smallest absolute Gasteiger partial charge is 0.0897 e. The molecule has 1 fully saturated rings. The Labute approximate surface area is 127 Å². The molecule has 2 rings (SSSR count). The highest BCUT2D eigenvalue weighted by molar-refractivity contribution is 7.09. The van der Waals surface area contributed by atoms with Gasteiger partial charge in [-0.3, -0.25) is 4.90 Å². The van der Waals surface area contributed by atoms with Gasteiger partial charge in [0.2, 0.25) is 0 Å². The Morgan fingerprint density at radius 2 is 2.30 bits per heavy atom. The maximum atomic E-state index is 4.59. The van der Waals surface area contributed by atoms with E-state index >= 15 is 0 Å². The number of nitrogens with zero attached hydrogens (tertiary/aromatic N) is 2. The van der Waals surface area contributed by atoms with Crippen molar-refractivity contribution in [3.63, 3.8) is 0 Å². The molecule has 0 amide bonds. The van der Waals surface area contributed by atoms with Gasteiger partial charge in [-0.25, -0.2) is 4.98 Å².